The summed E-state index contributed by atoms with van der Waals surface area (Å²) in [5.74, 6) is 1.86. The predicted molar refractivity (Wildman–Crippen MR) is 72.2 cm³/mol. The van der Waals surface area contributed by atoms with Crippen molar-refractivity contribution in [3.8, 4) is 0 Å². The molecule has 1 heterocycles. The van der Waals surface area contributed by atoms with E-state index in [1.54, 1.807) is 0 Å². The third kappa shape index (κ3) is 3.45. The molecule has 0 aromatic heterocycles. The molecule has 100 valence electrons. The Hall–Kier alpha value is -0.0800. The molecule has 0 aromatic carbocycles. The highest BCUT2D eigenvalue weighted by atomic mass is 16.5. The summed E-state index contributed by atoms with van der Waals surface area (Å²) in [5.41, 5.74) is 0. The van der Waals surface area contributed by atoms with Crippen molar-refractivity contribution in [1.82, 2.24) is 4.90 Å². The largest absolute Gasteiger partial charge is 0.381 e. The average molecular weight is 239 g/mol. The Morgan fingerprint density at radius 3 is 1.94 bits per heavy atom. The van der Waals surface area contributed by atoms with Gasteiger partial charge in [0, 0.05) is 25.3 Å². The molecule has 1 saturated carbocycles. The van der Waals surface area contributed by atoms with E-state index in [-0.39, 0.29) is 0 Å². The predicted octanol–water partition coefficient (Wildman–Crippen LogP) is 3.31. The van der Waals surface area contributed by atoms with Crippen molar-refractivity contribution in [2.45, 2.75) is 64.5 Å². The molecule has 1 saturated heterocycles. The molecule has 1 aliphatic heterocycles. The van der Waals surface area contributed by atoms with E-state index in [1.165, 1.54) is 38.5 Å². The zero-order chi connectivity index (χ0) is 12.3. The molecule has 0 spiro atoms. The van der Waals surface area contributed by atoms with Crippen molar-refractivity contribution in [3.63, 3.8) is 0 Å². The fourth-order valence-electron chi connectivity index (χ4n) is 3.57. The van der Waals surface area contributed by atoms with Gasteiger partial charge in [-0.05, 0) is 57.4 Å². The third-order valence-corrected chi connectivity index (χ3v) is 5.03. The molecular weight excluding hydrogens is 210 g/mol. The number of hydrogen-bond donors (Lipinski definition) is 0. The molecule has 0 radical (unpaired) electrons. The summed E-state index contributed by atoms with van der Waals surface area (Å²) in [6.07, 6.45) is 8.18. The summed E-state index contributed by atoms with van der Waals surface area (Å²) < 4.78 is 5.46. The Kier molecular flexibility index (Phi) is 4.87. The summed E-state index contributed by atoms with van der Waals surface area (Å²) in [5, 5.41) is 0. The first-order valence-electron chi connectivity index (χ1n) is 7.48. The van der Waals surface area contributed by atoms with Crippen LogP contribution in [0.5, 0.6) is 0 Å². The number of hydrogen-bond acceptors (Lipinski definition) is 2. The monoisotopic (exact) mass is 239 g/mol. The lowest BCUT2D eigenvalue weighted by molar-refractivity contribution is 0.0172. The molecule has 0 bridgehead atoms. The molecule has 17 heavy (non-hydrogen) atoms. The van der Waals surface area contributed by atoms with Crippen molar-refractivity contribution in [1.29, 1.82) is 0 Å². The van der Waals surface area contributed by atoms with Gasteiger partial charge in [0.2, 0.25) is 0 Å². The molecule has 0 N–H and O–H groups in total. The minimum absolute atomic E-state index is 0.782. The van der Waals surface area contributed by atoms with E-state index in [4.69, 9.17) is 4.74 Å². The summed E-state index contributed by atoms with van der Waals surface area (Å²) in [4.78, 5) is 2.67. The number of ether oxygens (including phenoxy) is 1. The van der Waals surface area contributed by atoms with E-state index in [2.05, 4.69) is 25.8 Å². The van der Waals surface area contributed by atoms with Crippen LogP contribution in [-0.4, -0.2) is 37.2 Å². The molecule has 2 fully saturated rings. The maximum absolute atomic E-state index is 5.46. The first-order valence-corrected chi connectivity index (χ1v) is 7.48. The van der Waals surface area contributed by atoms with E-state index in [9.17, 15) is 0 Å². The molecule has 0 amide bonds. The van der Waals surface area contributed by atoms with Gasteiger partial charge in [-0.2, -0.15) is 0 Å². The van der Waals surface area contributed by atoms with Crippen molar-refractivity contribution in [2.75, 3.05) is 20.3 Å². The molecule has 0 atom stereocenters. The van der Waals surface area contributed by atoms with Gasteiger partial charge in [-0.3, -0.25) is 0 Å². The van der Waals surface area contributed by atoms with Crippen LogP contribution in [0.1, 0.15) is 52.4 Å². The van der Waals surface area contributed by atoms with Crippen LogP contribution in [0, 0.1) is 11.8 Å². The Morgan fingerprint density at radius 2 is 1.41 bits per heavy atom. The van der Waals surface area contributed by atoms with E-state index in [1.807, 2.05) is 0 Å². The van der Waals surface area contributed by atoms with E-state index in [0.29, 0.717) is 0 Å². The average Bonchev–Trinajstić information content (AvgIpc) is 2.39. The smallest absolute Gasteiger partial charge is 0.0480 e. The topological polar surface area (TPSA) is 12.5 Å². The minimum atomic E-state index is 0.782. The van der Waals surface area contributed by atoms with Gasteiger partial charge in [-0.25, -0.2) is 0 Å². The maximum atomic E-state index is 5.46. The van der Waals surface area contributed by atoms with Gasteiger partial charge in [0.1, 0.15) is 0 Å². The van der Waals surface area contributed by atoms with Crippen LogP contribution >= 0.6 is 0 Å². The van der Waals surface area contributed by atoms with Crippen LogP contribution in [0.25, 0.3) is 0 Å². The van der Waals surface area contributed by atoms with Crippen molar-refractivity contribution < 1.29 is 4.74 Å². The standard InChI is InChI=1S/C15H29NO/c1-12(2)13-4-6-14(7-5-13)16(3)15-8-10-17-11-9-15/h12-15H,4-11H2,1-3H3. The normalized spacial score (nSPS) is 32.3. The minimum Gasteiger partial charge on any atom is -0.381 e. The molecule has 0 aromatic rings. The Bertz CT molecular complexity index is 215. The first kappa shape index (κ1) is 13.4. The SMILES string of the molecule is CC(C)C1CCC(N(C)C2CCOCC2)CC1. The van der Waals surface area contributed by atoms with Crippen LogP contribution in [0.15, 0.2) is 0 Å². The van der Waals surface area contributed by atoms with Gasteiger partial charge in [-0.15, -0.1) is 0 Å². The second-order valence-corrected chi connectivity index (χ2v) is 6.32. The lowest BCUT2D eigenvalue weighted by Crippen LogP contribution is -2.44. The molecule has 0 unspecified atom stereocenters. The van der Waals surface area contributed by atoms with E-state index in [0.717, 1.165) is 37.1 Å². The van der Waals surface area contributed by atoms with Crippen molar-refractivity contribution in [3.05, 3.63) is 0 Å². The van der Waals surface area contributed by atoms with Crippen LogP contribution in [0.4, 0.5) is 0 Å². The van der Waals surface area contributed by atoms with Crippen LogP contribution < -0.4 is 0 Å². The second kappa shape index (κ2) is 6.19. The van der Waals surface area contributed by atoms with Crippen LogP contribution in [0.2, 0.25) is 0 Å². The zero-order valence-corrected chi connectivity index (χ0v) is 11.8. The fourth-order valence-corrected chi connectivity index (χ4v) is 3.57. The van der Waals surface area contributed by atoms with E-state index >= 15 is 0 Å². The Labute approximate surface area is 107 Å². The zero-order valence-electron chi connectivity index (χ0n) is 11.8. The first-order chi connectivity index (χ1) is 8.18. The van der Waals surface area contributed by atoms with Gasteiger partial charge < -0.3 is 9.64 Å². The maximum Gasteiger partial charge on any atom is 0.0480 e. The molecule has 2 aliphatic rings. The summed E-state index contributed by atoms with van der Waals surface area (Å²) in [6, 6.07) is 1.62. The molecule has 2 heteroatoms. The van der Waals surface area contributed by atoms with Crippen molar-refractivity contribution in [2.24, 2.45) is 11.8 Å². The van der Waals surface area contributed by atoms with E-state index < -0.39 is 0 Å². The van der Waals surface area contributed by atoms with Gasteiger partial charge in [0.05, 0.1) is 0 Å². The second-order valence-electron chi connectivity index (χ2n) is 6.32. The lowest BCUT2D eigenvalue weighted by Gasteiger charge is -2.41. The number of nitrogens with zero attached hydrogens (tertiary/aromatic N) is 1. The highest BCUT2D eigenvalue weighted by Gasteiger charge is 2.29. The van der Waals surface area contributed by atoms with Gasteiger partial charge in [-0.1, -0.05) is 13.8 Å². The quantitative estimate of drug-likeness (QED) is 0.749. The van der Waals surface area contributed by atoms with Gasteiger partial charge >= 0.3 is 0 Å². The Balaban J connectivity index is 1.79. The van der Waals surface area contributed by atoms with Crippen LogP contribution in [0.3, 0.4) is 0 Å². The summed E-state index contributed by atoms with van der Waals surface area (Å²) in [6.45, 7) is 6.70. The fraction of sp³-hybridized carbons (Fsp3) is 1.00. The van der Waals surface area contributed by atoms with Gasteiger partial charge in [0.15, 0.2) is 0 Å². The molecular formula is C15H29NO. The molecule has 2 nitrogen and oxygen atoms in total. The van der Waals surface area contributed by atoms with Crippen LogP contribution in [-0.2, 0) is 4.74 Å². The Morgan fingerprint density at radius 1 is 0.882 bits per heavy atom. The van der Waals surface area contributed by atoms with Crippen molar-refractivity contribution >= 4 is 0 Å². The number of rotatable bonds is 3. The highest BCUT2D eigenvalue weighted by molar-refractivity contribution is 4.83. The molecule has 2 rings (SSSR count). The molecule has 1 aliphatic carbocycles. The lowest BCUT2D eigenvalue weighted by atomic mass is 9.79. The van der Waals surface area contributed by atoms with Gasteiger partial charge in [0.25, 0.3) is 0 Å². The third-order valence-electron chi connectivity index (χ3n) is 5.03. The summed E-state index contributed by atoms with van der Waals surface area (Å²) in [7, 11) is 2.34. The highest BCUT2D eigenvalue weighted by Crippen LogP contribution is 2.33. The summed E-state index contributed by atoms with van der Waals surface area (Å²) >= 11 is 0.